The molecule has 0 spiro atoms. The van der Waals surface area contributed by atoms with Crippen molar-refractivity contribution in [3.63, 3.8) is 0 Å². The summed E-state index contributed by atoms with van der Waals surface area (Å²) in [6.45, 7) is 6.73. The lowest BCUT2D eigenvalue weighted by Crippen LogP contribution is -2.30. The van der Waals surface area contributed by atoms with Crippen LogP contribution in [0.5, 0.6) is 0 Å². The molecule has 0 saturated heterocycles. The number of hydrogen-bond acceptors (Lipinski definition) is 6. The summed E-state index contributed by atoms with van der Waals surface area (Å²) in [6.07, 6.45) is 82.5. The molecule has 0 aromatic heterocycles. The lowest BCUT2D eigenvalue weighted by atomic mass is 10.0. The predicted molar refractivity (Wildman–Crippen MR) is 344 cm³/mol. The van der Waals surface area contributed by atoms with Crippen LogP contribution in [0.3, 0.4) is 0 Å². The topological polar surface area (TPSA) is 78.9 Å². The van der Waals surface area contributed by atoms with E-state index in [1.807, 2.05) is 0 Å². The van der Waals surface area contributed by atoms with E-state index in [0.29, 0.717) is 19.3 Å². The van der Waals surface area contributed by atoms with Crippen LogP contribution >= 0.6 is 0 Å². The molecule has 1 atom stereocenters. The molecule has 0 aliphatic heterocycles. The molecular formula is C73H140O6. The Balaban J connectivity index is 4.24. The van der Waals surface area contributed by atoms with E-state index in [1.54, 1.807) is 0 Å². The van der Waals surface area contributed by atoms with Crippen LogP contribution in [0.4, 0.5) is 0 Å². The van der Waals surface area contributed by atoms with Crippen molar-refractivity contribution in [2.75, 3.05) is 13.2 Å². The molecule has 0 saturated carbocycles. The highest BCUT2D eigenvalue weighted by Crippen LogP contribution is 2.19. The number of carbonyl (C=O) groups excluding carboxylic acids is 3. The first-order valence-corrected chi connectivity index (χ1v) is 36.2. The monoisotopic (exact) mass is 1110 g/mol. The molecule has 0 fully saturated rings. The Hall–Kier alpha value is -1.85. The summed E-state index contributed by atoms with van der Waals surface area (Å²) in [5.74, 6) is -0.836. The van der Waals surface area contributed by atoms with Crippen molar-refractivity contribution in [2.45, 2.75) is 425 Å². The van der Waals surface area contributed by atoms with Gasteiger partial charge in [0.1, 0.15) is 13.2 Å². The van der Waals surface area contributed by atoms with Gasteiger partial charge in [-0.25, -0.2) is 0 Å². The quantitative estimate of drug-likeness (QED) is 0.0261. The van der Waals surface area contributed by atoms with Crippen LogP contribution in [-0.4, -0.2) is 37.2 Å². The SMILES string of the molecule is CCCCCCCCC/C=C\CCCCCCCC(=O)OCC(COC(=O)CCCCCCCCCCCCCCCCCCCCCCCCCCC)OC(=O)CCCCCCCCCCCCCCCCCCCCCC. The first kappa shape index (κ1) is 77.2. The molecule has 1 unspecified atom stereocenters. The van der Waals surface area contributed by atoms with Gasteiger partial charge in [-0.3, -0.25) is 14.4 Å². The zero-order valence-electron chi connectivity index (χ0n) is 53.9. The van der Waals surface area contributed by atoms with Crippen LogP contribution < -0.4 is 0 Å². The molecule has 6 heteroatoms. The van der Waals surface area contributed by atoms with Gasteiger partial charge < -0.3 is 14.2 Å². The zero-order chi connectivity index (χ0) is 57.1. The molecule has 0 rings (SSSR count). The maximum atomic E-state index is 13.0. The highest BCUT2D eigenvalue weighted by Gasteiger charge is 2.19. The molecule has 0 radical (unpaired) electrons. The molecule has 79 heavy (non-hydrogen) atoms. The Morgan fingerprint density at radius 1 is 0.241 bits per heavy atom. The second-order valence-electron chi connectivity index (χ2n) is 24.9. The van der Waals surface area contributed by atoms with Gasteiger partial charge in [-0.15, -0.1) is 0 Å². The summed E-state index contributed by atoms with van der Waals surface area (Å²) >= 11 is 0. The van der Waals surface area contributed by atoms with Crippen LogP contribution in [0, 0.1) is 0 Å². The Labute approximate surface area is 494 Å². The Morgan fingerprint density at radius 2 is 0.418 bits per heavy atom. The van der Waals surface area contributed by atoms with E-state index in [4.69, 9.17) is 14.2 Å². The molecule has 0 aromatic rings. The first-order chi connectivity index (χ1) is 39.0. The minimum absolute atomic E-state index is 0.0654. The van der Waals surface area contributed by atoms with Crippen molar-refractivity contribution in [3.05, 3.63) is 12.2 Å². The number of carbonyl (C=O) groups is 3. The molecule has 468 valence electrons. The van der Waals surface area contributed by atoms with Gasteiger partial charge in [0.05, 0.1) is 0 Å². The normalized spacial score (nSPS) is 12.0. The molecular weight excluding hydrogens is 973 g/mol. The smallest absolute Gasteiger partial charge is 0.306 e. The lowest BCUT2D eigenvalue weighted by Gasteiger charge is -2.18. The van der Waals surface area contributed by atoms with E-state index >= 15 is 0 Å². The fourth-order valence-electron chi connectivity index (χ4n) is 11.3. The summed E-state index contributed by atoms with van der Waals surface area (Å²) in [5, 5.41) is 0. The van der Waals surface area contributed by atoms with Crippen molar-refractivity contribution in [1.29, 1.82) is 0 Å². The zero-order valence-corrected chi connectivity index (χ0v) is 53.9. The Kier molecular flexibility index (Phi) is 67.0. The molecule has 0 amide bonds. The van der Waals surface area contributed by atoms with E-state index < -0.39 is 6.10 Å². The lowest BCUT2D eigenvalue weighted by molar-refractivity contribution is -0.167. The van der Waals surface area contributed by atoms with Crippen LogP contribution in [0.15, 0.2) is 12.2 Å². The molecule has 0 aliphatic rings. The number of allylic oxidation sites excluding steroid dienone is 2. The fraction of sp³-hybridized carbons (Fsp3) is 0.932. The number of ether oxygens (including phenoxy) is 3. The van der Waals surface area contributed by atoms with Crippen molar-refractivity contribution < 1.29 is 28.6 Å². The largest absolute Gasteiger partial charge is 0.462 e. The third-order valence-corrected chi connectivity index (χ3v) is 16.8. The average molecular weight is 1110 g/mol. The van der Waals surface area contributed by atoms with Crippen LogP contribution in [0.25, 0.3) is 0 Å². The first-order valence-electron chi connectivity index (χ1n) is 36.2. The molecule has 6 nitrogen and oxygen atoms in total. The van der Waals surface area contributed by atoms with E-state index in [9.17, 15) is 14.4 Å². The standard InChI is InChI=1S/C73H140O6/c1-4-7-10-13-16-19-22-25-28-31-33-35-36-37-38-39-41-42-45-48-51-54-57-60-63-66-72(75)78-69-70(68-77-71(74)65-62-59-56-53-50-47-44-30-27-24-21-18-15-12-9-6-3)79-73(76)67-64-61-58-55-52-49-46-43-40-34-32-29-26-23-20-17-14-11-8-5-2/h30,44,70H,4-29,31-43,45-69H2,1-3H3/b44-30-. The van der Waals surface area contributed by atoms with Crippen LogP contribution in [0.1, 0.15) is 419 Å². The fourth-order valence-corrected chi connectivity index (χ4v) is 11.3. The van der Waals surface area contributed by atoms with Crippen molar-refractivity contribution in [1.82, 2.24) is 0 Å². The van der Waals surface area contributed by atoms with E-state index in [-0.39, 0.29) is 31.1 Å². The van der Waals surface area contributed by atoms with Gasteiger partial charge in [0.15, 0.2) is 6.10 Å². The van der Waals surface area contributed by atoms with Gasteiger partial charge in [-0.2, -0.15) is 0 Å². The second-order valence-corrected chi connectivity index (χ2v) is 24.9. The minimum atomic E-state index is -0.770. The number of hydrogen-bond donors (Lipinski definition) is 0. The highest BCUT2D eigenvalue weighted by atomic mass is 16.6. The molecule has 0 heterocycles. The Morgan fingerprint density at radius 3 is 0.633 bits per heavy atom. The molecule has 0 aromatic carbocycles. The van der Waals surface area contributed by atoms with Crippen molar-refractivity contribution >= 4 is 17.9 Å². The van der Waals surface area contributed by atoms with E-state index in [0.717, 1.165) is 64.2 Å². The summed E-state index contributed by atoms with van der Waals surface area (Å²) in [6, 6.07) is 0. The molecule has 0 N–H and O–H groups in total. The van der Waals surface area contributed by atoms with Crippen molar-refractivity contribution in [2.24, 2.45) is 0 Å². The van der Waals surface area contributed by atoms with Gasteiger partial charge >= 0.3 is 17.9 Å². The third-order valence-electron chi connectivity index (χ3n) is 16.8. The predicted octanol–water partition coefficient (Wildman–Crippen LogP) is 24.8. The molecule has 0 bridgehead atoms. The van der Waals surface area contributed by atoms with Gasteiger partial charge in [-0.1, -0.05) is 367 Å². The third kappa shape index (κ3) is 66.8. The number of unbranched alkanes of at least 4 members (excludes halogenated alkanes) is 55. The Bertz CT molecular complexity index is 1230. The van der Waals surface area contributed by atoms with E-state index in [1.165, 1.54) is 315 Å². The summed E-state index contributed by atoms with van der Waals surface area (Å²) < 4.78 is 17.0. The maximum Gasteiger partial charge on any atom is 0.306 e. The van der Waals surface area contributed by atoms with Gasteiger partial charge in [0.25, 0.3) is 0 Å². The van der Waals surface area contributed by atoms with Crippen LogP contribution in [0.2, 0.25) is 0 Å². The second kappa shape index (κ2) is 68.6. The maximum absolute atomic E-state index is 13.0. The van der Waals surface area contributed by atoms with Gasteiger partial charge in [-0.05, 0) is 44.9 Å². The van der Waals surface area contributed by atoms with Gasteiger partial charge in [0, 0.05) is 19.3 Å². The number of esters is 3. The summed E-state index contributed by atoms with van der Waals surface area (Å²) in [5.41, 5.74) is 0. The van der Waals surface area contributed by atoms with Crippen LogP contribution in [-0.2, 0) is 28.6 Å². The van der Waals surface area contributed by atoms with Gasteiger partial charge in [0.2, 0.25) is 0 Å². The molecule has 0 aliphatic carbocycles. The average Bonchev–Trinajstić information content (AvgIpc) is 3.45. The number of rotatable bonds is 68. The summed E-state index contributed by atoms with van der Waals surface area (Å²) in [4.78, 5) is 38.5. The minimum Gasteiger partial charge on any atom is -0.462 e. The van der Waals surface area contributed by atoms with E-state index in [2.05, 4.69) is 32.9 Å². The van der Waals surface area contributed by atoms with Crippen molar-refractivity contribution in [3.8, 4) is 0 Å². The highest BCUT2D eigenvalue weighted by molar-refractivity contribution is 5.71. The summed E-state index contributed by atoms with van der Waals surface area (Å²) in [7, 11) is 0.